The van der Waals surface area contributed by atoms with E-state index in [1.54, 1.807) is 17.5 Å². The SMILES string of the molecule is Cc1ccc(C(=O)N2CC[C@H](c3ccn[nH]3)C2)s1. The third kappa shape index (κ3) is 2.06. The Kier molecular flexibility index (Phi) is 2.91. The highest BCUT2D eigenvalue weighted by Gasteiger charge is 2.29. The van der Waals surface area contributed by atoms with Crippen LogP contribution in [-0.2, 0) is 0 Å². The zero-order chi connectivity index (χ0) is 12.5. The van der Waals surface area contributed by atoms with E-state index in [-0.39, 0.29) is 5.91 Å². The van der Waals surface area contributed by atoms with Crippen molar-refractivity contribution >= 4 is 17.2 Å². The fraction of sp³-hybridized carbons (Fsp3) is 0.385. The summed E-state index contributed by atoms with van der Waals surface area (Å²) in [6.07, 6.45) is 2.78. The van der Waals surface area contributed by atoms with Crippen molar-refractivity contribution in [3.8, 4) is 0 Å². The molecule has 0 aliphatic carbocycles. The second kappa shape index (κ2) is 4.57. The first-order chi connectivity index (χ1) is 8.74. The number of aromatic nitrogens is 2. The maximum atomic E-state index is 12.3. The first kappa shape index (κ1) is 11.5. The van der Waals surface area contributed by atoms with E-state index in [1.165, 1.54) is 4.88 Å². The molecule has 0 saturated carbocycles. The molecule has 18 heavy (non-hydrogen) atoms. The molecule has 1 amide bonds. The molecule has 0 spiro atoms. The molecule has 1 saturated heterocycles. The zero-order valence-corrected chi connectivity index (χ0v) is 11.0. The van der Waals surface area contributed by atoms with Crippen molar-refractivity contribution in [2.24, 2.45) is 0 Å². The van der Waals surface area contributed by atoms with E-state index in [9.17, 15) is 4.79 Å². The van der Waals surface area contributed by atoms with Gasteiger partial charge in [0.15, 0.2) is 0 Å². The number of aryl methyl sites for hydroxylation is 1. The van der Waals surface area contributed by atoms with E-state index in [0.717, 1.165) is 30.1 Å². The first-order valence-corrected chi connectivity index (χ1v) is 6.90. The Morgan fingerprint density at radius 1 is 1.50 bits per heavy atom. The van der Waals surface area contributed by atoms with E-state index < -0.39 is 0 Å². The highest BCUT2D eigenvalue weighted by molar-refractivity contribution is 7.13. The standard InChI is InChI=1S/C13H15N3OS/c1-9-2-3-12(18-9)13(17)16-7-5-10(8-16)11-4-6-14-15-11/h2-4,6,10H,5,7-8H2,1H3,(H,14,15)/t10-/m0/s1. The van der Waals surface area contributed by atoms with Gasteiger partial charge in [-0.3, -0.25) is 9.89 Å². The Balaban J connectivity index is 1.70. The van der Waals surface area contributed by atoms with Crippen LogP contribution < -0.4 is 0 Å². The van der Waals surface area contributed by atoms with Crippen LogP contribution in [0.1, 0.15) is 32.6 Å². The molecule has 94 valence electrons. The number of nitrogens with zero attached hydrogens (tertiary/aromatic N) is 2. The smallest absolute Gasteiger partial charge is 0.263 e. The van der Waals surface area contributed by atoms with E-state index >= 15 is 0 Å². The molecule has 1 aliphatic rings. The van der Waals surface area contributed by atoms with Gasteiger partial charge in [0.25, 0.3) is 5.91 Å². The van der Waals surface area contributed by atoms with Crippen molar-refractivity contribution in [2.75, 3.05) is 13.1 Å². The molecule has 0 aromatic carbocycles. The minimum Gasteiger partial charge on any atom is -0.337 e. The molecular weight excluding hydrogens is 246 g/mol. The largest absolute Gasteiger partial charge is 0.337 e. The fourth-order valence-electron chi connectivity index (χ4n) is 2.40. The number of likely N-dealkylation sites (tertiary alicyclic amines) is 1. The van der Waals surface area contributed by atoms with Crippen molar-refractivity contribution in [3.05, 3.63) is 39.8 Å². The molecule has 5 heteroatoms. The van der Waals surface area contributed by atoms with Crippen LogP contribution in [0.15, 0.2) is 24.4 Å². The van der Waals surface area contributed by atoms with Crippen molar-refractivity contribution in [2.45, 2.75) is 19.3 Å². The van der Waals surface area contributed by atoms with Crippen LogP contribution in [-0.4, -0.2) is 34.1 Å². The summed E-state index contributed by atoms with van der Waals surface area (Å²) in [7, 11) is 0. The lowest BCUT2D eigenvalue weighted by atomic mass is 10.1. The Bertz CT molecular complexity index is 546. The van der Waals surface area contributed by atoms with Gasteiger partial charge in [-0.15, -0.1) is 11.3 Å². The molecule has 3 heterocycles. The van der Waals surface area contributed by atoms with Crippen LogP contribution >= 0.6 is 11.3 Å². The lowest BCUT2D eigenvalue weighted by molar-refractivity contribution is 0.0795. The molecule has 0 radical (unpaired) electrons. The normalized spacial score (nSPS) is 19.4. The van der Waals surface area contributed by atoms with Gasteiger partial charge in [0.05, 0.1) is 4.88 Å². The number of carbonyl (C=O) groups excluding carboxylic acids is 1. The molecule has 0 bridgehead atoms. The summed E-state index contributed by atoms with van der Waals surface area (Å²) in [5.41, 5.74) is 1.13. The quantitative estimate of drug-likeness (QED) is 0.902. The molecular formula is C13H15N3OS. The topological polar surface area (TPSA) is 49.0 Å². The number of carbonyl (C=O) groups is 1. The van der Waals surface area contributed by atoms with Gasteiger partial charge < -0.3 is 4.90 Å². The second-order valence-corrected chi connectivity index (χ2v) is 5.95. The molecule has 4 nitrogen and oxygen atoms in total. The van der Waals surface area contributed by atoms with E-state index in [0.29, 0.717) is 5.92 Å². The minimum atomic E-state index is 0.162. The van der Waals surface area contributed by atoms with Crippen LogP contribution in [0.25, 0.3) is 0 Å². The summed E-state index contributed by atoms with van der Waals surface area (Å²) in [6.45, 7) is 3.65. The molecule has 1 N–H and O–H groups in total. The van der Waals surface area contributed by atoms with Crippen LogP contribution in [0.3, 0.4) is 0 Å². The second-order valence-electron chi connectivity index (χ2n) is 4.66. The number of nitrogens with one attached hydrogen (secondary N) is 1. The molecule has 1 aliphatic heterocycles. The van der Waals surface area contributed by atoms with Crippen molar-refractivity contribution in [1.29, 1.82) is 0 Å². The Hall–Kier alpha value is -1.62. The summed E-state index contributed by atoms with van der Waals surface area (Å²) in [5, 5.41) is 6.97. The summed E-state index contributed by atoms with van der Waals surface area (Å²) < 4.78 is 0. The van der Waals surface area contributed by atoms with Crippen LogP contribution in [0.5, 0.6) is 0 Å². The zero-order valence-electron chi connectivity index (χ0n) is 10.2. The summed E-state index contributed by atoms with van der Waals surface area (Å²) in [6, 6.07) is 5.92. The van der Waals surface area contributed by atoms with Crippen molar-refractivity contribution < 1.29 is 4.79 Å². The Morgan fingerprint density at radius 3 is 3.06 bits per heavy atom. The number of rotatable bonds is 2. The first-order valence-electron chi connectivity index (χ1n) is 6.09. The lowest BCUT2D eigenvalue weighted by Crippen LogP contribution is -2.27. The average molecular weight is 261 g/mol. The van der Waals surface area contributed by atoms with Crippen LogP contribution in [0.4, 0.5) is 0 Å². The summed E-state index contributed by atoms with van der Waals surface area (Å²) in [4.78, 5) is 16.3. The monoisotopic (exact) mass is 261 g/mol. The van der Waals surface area contributed by atoms with Gasteiger partial charge in [-0.25, -0.2) is 0 Å². The molecule has 1 atom stereocenters. The van der Waals surface area contributed by atoms with Crippen LogP contribution in [0, 0.1) is 6.92 Å². The summed E-state index contributed by atoms with van der Waals surface area (Å²) >= 11 is 1.57. The average Bonchev–Trinajstić information content (AvgIpc) is 3.09. The maximum Gasteiger partial charge on any atom is 0.263 e. The Morgan fingerprint density at radius 2 is 2.39 bits per heavy atom. The number of hydrogen-bond acceptors (Lipinski definition) is 3. The lowest BCUT2D eigenvalue weighted by Gasteiger charge is -2.15. The van der Waals surface area contributed by atoms with E-state index in [2.05, 4.69) is 10.2 Å². The highest BCUT2D eigenvalue weighted by Crippen LogP contribution is 2.27. The fourth-order valence-corrected chi connectivity index (χ4v) is 3.23. The minimum absolute atomic E-state index is 0.162. The number of aromatic amines is 1. The number of H-pyrrole nitrogens is 1. The van der Waals surface area contributed by atoms with E-state index in [1.807, 2.05) is 30.0 Å². The predicted octanol–water partition coefficient (Wildman–Crippen LogP) is 2.41. The van der Waals surface area contributed by atoms with Gasteiger partial charge in [0, 0.05) is 35.8 Å². The van der Waals surface area contributed by atoms with E-state index in [4.69, 9.17) is 0 Å². The van der Waals surface area contributed by atoms with Gasteiger partial charge in [-0.1, -0.05) is 0 Å². The molecule has 2 aromatic heterocycles. The van der Waals surface area contributed by atoms with Crippen molar-refractivity contribution in [1.82, 2.24) is 15.1 Å². The van der Waals surface area contributed by atoms with Gasteiger partial charge in [-0.2, -0.15) is 5.10 Å². The summed E-state index contributed by atoms with van der Waals surface area (Å²) in [5.74, 6) is 0.563. The Labute approximate surface area is 110 Å². The van der Waals surface area contributed by atoms with Crippen molar-refractivity contribution in [3.63, 3.8) is 0 Å². The predicted molar refractivity (Wildman–Crippen MR) is 70.9 cm³/mol. The molecule has 0 unspecified atom stereocenters. The van der Waals surface area contributed by atoms with Gasteiger partial charge in [0.1, 0.15) is 0 Å². The van der Waals surface area contributed by atoms with Crippen LogP contribution in [0.2, 0.25) is 0 Å². The van der Waals surface area contributed by atoms with Gasteiger partial charge in [-0.05, 0) is 31.5 Å². The van der Waals surface area contributed by atoms with Gasteiger partial charge in [0.2, 0.25) is 0 Å². The highest BCUT2D eigenvalue weighted by atomic mass is 32.1. The van der Waals surface area contributed by atoms with Gasteiger partial charge >= 0.3 is 0 Å². The molecule has 3 rings (SSSR count). The number of hydrogen-bond donors (Lipinski definition) is 1. The third-order valence-corrected chi connectivity index (χ3v) is 4.38. The number of thiophene rings is 1. The third-order valence-electron chi connectivity index (χ3n) is 3.39. The maximum absolute atomic E-state index is 12.3. The molecule has 1 fully saturated rings. The number of amides is 1. The molecule has 2 aromatic rings.